The van der Waals surface area contributed by atoms with Crippen molar-refractivity contribution in [2.24, 2.45) is 0 Å². The van der Waals surface area contributed by atoms with Gasteiger partial charge < -0.3 is 10.3 Å². The number of carbonyl (C=O) groups is 1. The molecule has 0 atom stereocenters. The summed E-state index contributed by atoms with van der Waals surface area (Å²) in [7, 11) is -4.16. The van der Waals surface area contributed by atoms with Crippen LogP contribution in [0.15, 0.2) is 70.5 Å². The molecule has 0 aliphatic heterocycles. The molecule has 0 unspecified atom stereocenters. The van der Waals surface area contributed by atoms with E-state index in [0.29, 0.717) is 12.3 Å². The zero-order chi connectivity index (χ0) is 22.8. The molecule has 7 nitrogen and oxygen atoms in total. The van der Waals surface area contributed by atoms with E-state index in [0.717, 1.165) is 18.2 Å². The van der Waals surface area contributed by atoms with Crippen LogP contribution in [0.4, 0.5) is 28.9 Å². The Balaban J connectivity index is 1.85. The van der Waals surface area contributed by atoms with Gasteiger partial charge in [0.2, 0.25) is 0 Å². The predicted octanol–water partition coefficient (Wildman–Crippen LogP) is 3.59. The minimum absolute atomic E-state index is 0.0757. The fraction of sp³-hybridized carbons (Fsp3) is 0.0526. The van der Waals surface area contributed by atoms with E-state index in [4.69, 9.17) is 0 Å². The molecule has 3 aromatic rings. The van der Waals surface area contributed by atoms with Gasteiger partial charge in [-0.2, -0.15) is 13.2 Å². The van der Waals surface area contributed by atoms with Crippen molar-refractivity contribution in [2.45, 2.75) is 11.1 Å². The molecule has 162 valence electrons. The number of carbonyl (C=O) groups excluding carboxylic acids is 1. The number of halogens is 4. The molecule has 0 bridgehead atoms. The molecular weight excluding hydrogens is 442 g/mol. The molecule has 12 heteroatoms. The Morgan fingerprint density at radius 1 is 1.00 bits per heavy atom. The smallest absolute Gasteiger partial charge is 0.327 e. The zero-order valence-corrected chi connectivity index (χ0v) is 16.1. The van der Waals surface area contributed by atoms with E-state index in [9.17, 15) is 35.6 Å². The van der Waals surface area contributed by atoms with E-state index < -0.39 is 44.7 Å². The molecule has 1 aromatic heterocycles. The average molecular weight is 455 g/mol. The van der Waals surface area contributed by atoms with Gasteiger partial charge in [-0.15, -0.1) is 0 Å². The normalized spacial score (nSPS) is 11.7. The van der Waals surface area contributed by atoms with E-state index in [-0.39, 0.29) is 16.1 Å². The van der Waals surface area contributed by atoms with Crippen LogP contribution in [-0.2, 0) is 16.2 Å². The lowest BCUT2D eigenvalue weighted by molar-refractivity contribution is -0.137. The van der Waals surface area contributed by atoms with Crippen LogP contribution in [0.1, 0.15) is 15.9 Å². The number of anilines is 2. The number of hydrogen-bond donors (Lipinski definition) is 3. The number of aromatic nitrogens is 1. The number of hydrogen-bond acceptors (Lipinski definition) is 4. The van der Waals surface area contributed by atoms with Crippen molar-refractivity contribution in [3.05, 3.63) is 88.1 Å². The monoisotopic (exact) mass is 455 g/mol. The summed E-state index contributed by atoms with van der Waals surface area (Å²) in [6.07, 6.45) is -4.28. The lowest BCUT2D eigenvalue weighted by atomic mass is 10.2. The standard InChI is InChI=1S/C19H13F4N3O4S/c20-13-4-6-14(7-5-13)26-31(29,30)15-3-1-2-11(8-15)17(27)25-16-9-12(19(21,22)23)10-24-18(16)28/h1-10,26H,(H,24,28)(H,25,27). The van der Waals surface area contributed by atoms with Gasteiger partial charge in [0.05, 0.1) is 10.5 Å². The summed E-state index contributed by atoms with van der Waals surface area (Å²) in [4.78, 5) is 25.7. The highest BCUT2D eigenvalue weighted by Gasteiger charge is 2.31. The Hall–Kier alpha value is -3.67. The molecule has 1 amide bonds. The first-order valence-electron chi connectivity index (χ1n) is 8.45. The Morgan fingerprint density at radius 2 is 1.68 bits per heavy atom. The van der Waals surface area contributed by atoms with Crippen molar-refractivity contribution in [3.63, 3.8) is 0 Å². The molecule has 0 saturated carbocycles. The lowest BCUT2D eigenvalue weighted by Gasteiger charge is -2.11. The molecule has 2 aromatic carbocycles. The summed E-state index contributed by atoms with van der Waals surface area (Å²) >= 11 is 0. The maximum atomic E-state index is 13.0. The first-order chi connectivity index (χ1) is 14.5. The molecular formula is C19H13F4N3O4S. The fourth-order valence-electron chi connectivity index (χ4n) is 2.47. The number of alkyl halides is 3. The summed E-state index contributed by atoms with van der Waals surface area (Å²) in [5, 5.41) is 2.03. The number of benzene rings is 2. The van der Waals surface area contributed by atoms with Crippen LogP contribution >= 0.6 is 0 Å². The Kier molecular flexibility index (Phi) is 5.84. The molecule has 1 heterocycles. The number of nitrogens with one attached hydrogen (secondary N) is 3. The second kappa shape index (κ2) is 8.22. The van der Waals surface area contributed by atoms with Gasteiger partial charge in [0.25, 0.3) is 21.5 Å². The summed E-state index contributed by atoms with van der Waals surface area (Å²) in [6, 6.07) is 9.57. The first-order valence-corrected chi connectivity index (χ1v) is 9.94. The molecule has 31 heavy (non-hydrogen) atoms. The Labute approximate surface area is 172 Å². The van der Waals surface area contributed by atoms with Crippen LogP contribution in [-0.4, -0.2) is 19.3 Å². The summed E-state index contributed by atoms with van der Waals surface area (Å²) in [6.45, 7) is 0. The molecule has 0 fully saturated rings. The highest BCUT2D eigenvalue weighted by Crippen LogP contribution is 2.29. The SMILES string of the molecule is O=C(Nc1cc(C(F)(F)F)c[nH]c1=O)c1cccc(S(=O)(=O)Nc2ccc(F)cc2)c1. The number of rotatable bonds is 5. The van der Waals surface area contributed by atoms with Crippen LogP contribution < -0.4 is 15.6 Å². The van der Waals surface area contributed by atoms with E-state index in [1.165, 1.54) is 30.3 Å². The van der Waals surface area contributed by atoms with Gasteiger partial charge in [-0.05, 0) is 48.5 Å². The molecule has 0 spiro atoms. The van der Waals surface area contributed by atoms with Crippen LogP contribution in [0.25, 0.3) is 0 Å². The molecule has 0 aliphatic rings. The van der Waals surface area contributed by atoms with Crippen molar-refractivity contribution in [1.82, 2.24) is 4.98 Å². The zero-order valence-electron chi connectivity index (χ0n) is 15.3. The predicted molar refractivity (Wildman–Crippen MR) is 104 cm³/mol. The minimum atomic E-state index is -4.75. The third-order valence-electron chi connectivity index (χ3n) is 3.98. The largest absolute Gasteiger partial charge is 0.417 e. The van der Waals surface area contributed by atoms with Crippen LogP contribution in [0.2, 0.25) is 0 Å². The first kappa shape index (κ1) is 22.0. The highest BCUT2D eigenvalue weighted by molar-refractivity contribution is 7.92. The maximum absolute atomic E-state index is 13.0. The second-order valence-electron chi connectivity index (χ2n) is 6.22. The molecule has 0 radical (unpaired) electrons. The van der Waals surface area contributed by atoms with Crippen LogP contribution in [0.3, 0.4) is 0 Å². The average Bonchev–Trinajstić information content (AvgIpc) is 2.70. The van der Waals surface area contributed by atoms with Gasteiger partial charge in [0.15, 0.2) is 0 Å². The van der Waals surface area contributed by atoms with Crippen molar-refractivity contribution in [2.75, 3.05) is 10.0 Å². The molecule has 3 rings (SSSR count). The van der Waals surface area contributed by atoms with Gasteiger partial charge in [0, 0.05) is 17.4 Å². The van der Waals surface area contributed by atoms with Crippen molar-refractivity contribution < 1.29 is 30.8 Å². The third-order valence-corrected chi connectivity index (χ3v) is 5.36. The van der Waals surface area contributed by atoms with Crippen molar-refractivity contribution in [3.8, 4) is 0 Å². The van der Waals surface area contributed by atoms with Gasteiger partial charge in [0.1, 0.15) is 11.5 Å². The highest BCUT2D eigenvalue weighted by atomic mass is 32.2. The van der Waals surface area contributed by atoms with Crippen molar-refractivity contribution in [1.29, 1.82) is 0 Å². The van der Waals surface area contributed by atoms with E-state index in [2.05, 4.69) is 4.72 Å². The second-order valence-corrected chi connectivity index (χ2v) is 7.91. The molecule has 0 aliphatic carbocycles. The van der Waals surface area contributed by atoms with Crippen molar-refractivity contribution >= 4 is 27.3 Å². The minimum Gasteiger partial charge on any atom is -0.327 e. The van der Waals surface area contributed by atoms with Gasteiger partial charge >= 0.3 is 6.18 Å². The van der Waals surface area contributed by atoms with Crippen LogP contribution in [0.5, 0.6) is 0 Å². The molecule has 3 N–H and O–H groups in total. The maximum Gasteiger partial charge on any atom is 0.417 e. The summed E-state index contributed by atoms with van der Waals surface area (Å²) in [5.41, 5.74) is -2.95. The van der Waals surface area contributed by atoms with E-state index in [1.54, 1.807) is 0 Å². The van der Waals surface area contributed by atoms with Crippen LogP contribution in [0, 0.1) is 5.82 Å². The number of H-pyrrole nitrogens is 1. The van der Waals surface area contributed by atoms with E-state index >= 15 is 0 Å². The third kappa shape index (κ3) is 5.28. The number of pyridine rings is 1. The quantitative estimate of drug-likeness (QED) is 0.511. The Morgan fingerprint density at radius 3 is 2.32 bits per heavy atom. The van der Waals surface area contributed by atoms with E-state index in [1.807, 2.05) is 10.3 Å². The number of aromatic amines is 1. The lowest BCUT2D eigenvalue weighted by Crippen LogP contribution is -2.22. The Bertz CT molecular complexity index is 1290. The topological polar surface area (TPSA) is 108 Å². The number of sulfonamides is 1. The fourth-order valence-corrected chi connectivity index (χ4v) is 3.58. The number of amides is 1. The van der Waals surface area contributed by atoms with Gasteiger partial charge in [-0.1, -0.05) is 6.07 Å². The molecule has 0 saturated heterocycles. The summed E-state index contributed by atoms with van der Waals surface area (Å²) < 4.78 is 78.7. The summed E-state index contributed by atoms with van der Waals surface area (Å²) in [5.74, 6) is -1.56. The van der Waals surface area contributed by atoms with Gasteiger partial charge in [-0.3, -0.25) is 14.3 Å². The van der Waals surface area contributed by atoms with Gasteiger partial charge in [-0.25, -0.2) is 12.8 Å².